The minimum absolute atomic E-state index is 0.0349. The van der Waals surface area contributed by atoms with Crippen LogP contribution < -0.4 is 4.74 Å². The highest BCUT2D eigenvalue weighted by Gasteiger charge is 2.41. The first kappa shape index (κ1) is 28.7. The van der Waals surface area contributed by atoms with Gasteiger partial charge in [-0.3, -0.25) is 9.78 Å². The number of ether oxygens (including phenoxy) is 1. The van der Waals surface area contributed by atoms with Crippen molar-refractivity contribution in [3.63, 3.8) is 0 Å². The second-order valence-electron chi connectivity index (χ2n) is 10.1. The molecular formula is C29H31F5N2O3. The molecule has 5 nitrogen and oxygen atoms in total. The maximum absolute atomic E-state index is 15.7. The monoisotopic (exact) mass is 550 g/mol. The zero-order valence-electron chi connectivity index (χ0n) is 21.7. The van der Waals surface area contributed by atoms with E-state index in [1.807, 2.05) is 4.90 Å². The largest absolute Gasteiger partial charge is 0.497 e. The van der Waals surface area contributed by atoms with Crippen molar-refractivity contribution >= 4 is 16.9 Å². The third-order valence-electron chi connectivity index (χ3n) is 7.79. The van der Waals surface area contributed by atoms with E-state index >= 15 is 4.39 Å². The fraction of sp³-hybridized carbons (Fsp3) is 0.448. The van der Waals surface area contributed by atoms with Gasteiger partial charge in [0.05, 0.1) is 18.0 Å². The molecule has 1 atom stereocenters. The zero-order chi connectivity index (χ0) is 28.2. The number of piperidine rings is 1. The highest BCUT2D eigenvalue weighted by molar-refractivity contribution is 5.85. The molecule has 2 aromatic carbocycles. The van der Waals surface area contributed by atoms with E-state index in [1.165, 1.54) is 13.3 Å². The normalized spacial score (nSPS) is 16.4. The lowest BCUT2D eigenvalue weighted by atomic mass is 9.74. The summed E-state index contributed by atoms with van der Waals surface area (Å²) in [5.41, 5.74) is -0.382. The molecule has 1 aliphatic rings. The molecule has 39 heavy (non-hydrogen) atoms. The second kappa shape index (κ2) is 12.3. The fourth-order valence-electron chi connectivity index (χ4n) is 5.44. The van der Waals surface area contributed by atoms with Gasteiger partial charge in [0.1, 0.15) is 24.4 Å². The number of nitrogens with zero attached hydrogens (tertiary/aromatic N) is 2. The summed E-state index contributed by atoms with van der Waals surface area (Å²) in [6.45, 7) is 0.480. The maximum Gasteiger partial charge on any atom is 0.309 e. The van der Waals surface area contributed by atoms with Crippen LogP contribution in [0.5, 0.6) is 5.75 Å². The van der Waals surface area contributed by atoms with Crippen LogP contribution >= 0.6 is 0 Å². The molecule has 0 aliphatic carbocycles. The van der Waals surface area contributed by atoms with Gasteiger partial charge in [-0.25, -0.2) is 22.0 Å². The minimum atomic E-state index is -1.59. The SMILES string of the molecule is COc1ccc2ncc(CF)c(C(F)CCC3(C(=O)O)CCN(CCCc4cc(F)cc(F)c4F)CC3)c2c1. The van der Waals surface area contributed by atoms with E-state index in [-0.39, 0.29) is 36.0 Å². The van der Waals surface area contributed by atoms with Crippen LogP contribution in [0.4, 0.5) is 22.0 Å². The van der Waals surface area contributed by atoms with Gasteiger partial charge in [-0.1, -0.05) is 0 Å². The predicted molar refractivity (Wildman–Crippen MR) is 137 cm³/mol. The molecule has 0 amide bonds. The molecule has 10 heteroatoms. The number of aromatic nitrogens is 1. The predicted octanol–water partition coefficient (Wildman–Crippen LogP) is 6.72. The number of aryl methyl sites for hydroxylation is 1. The van der Waals surface area contributed by atoms with Gasteiger partial charge in [0, 0.05) is 28.8 Å². The number of likely N-dealkylation sites (tertiary alicyclic amines) is 1. The average molecular weight is 551 g/mol. The number of hydrogen-bond acceptors (Lipinski definition) is 4. The molecular weight excluding hydrogens is 519 g/mol. The highest BCUT2D eigenvalue weighted by atomic mass is 19.2. The quantitative estimate of drug-likeness (QED) is 0.212. The molecule has 1 aliphatic heterocycles. The Hall–Kier alpha value is -3.27. The molecule has 3 aromatic rings. The van der Waals surface area contributed by atoms with Crippen LogP contribution in [-0.2, 0) is 17.9 Å². The lowest BCUT2D eigenvalue weighted by Crippen LogP contribution is -2.44. The number of rotatable bonds is 11. The second-order valence-corrected chi connectivity index (χ2v) is 10.1. The van der Waals surface area contributed by atoms with Gasteiger partial charge >= 0.3 is 5.97 Å². The number of pyridine rings is 1. The number of methoxy groups -OCH3 is 1. The van der Waals surface area contributed by atoms with Crippen LogP contribution in [0.25, 0.3) is 10.9 Å². The van der Waals surface area contributed by atoms with Crippen molar-refractivity contribution in [3.8, 4) is 5.75 Å². The van der Waals surface area contributed by atoms with Crippen molar-refractivity contribution in [1.29, 1.82) is 0 Å². The van der Waals surface area contributed by atoms with E-state index in [0.29, 0.717) is 61.6 Å². The number of hydrogen-bond donors (Lipinski definition) is 1. The number of carbonyl (C=O) groups is 1. The standard InChI is InChI=1S/C29H31F5N2O3/c1-39-21-4-5-25-22(15-21)26(19(16-30)17-35-25)23(32)6-7-29(28(37)38)8-11-36(12-9-29)10-2-3-18-13-20(31)14-24(33)27(18)34/h4-5,13-15,17,23H,2-3,6-12,16H2,1H3,(H,37,38). The van der Waals surface area contributed by atoms with Crippen molar-refractivity contribution in [2.24, 2.45) is 5.41 Å². The average Bonchev–Trinajstić information content (AvgIpc) is 2.93. The van der Waals surface area contributed by atoms with Gasteiger partial charge in [0.25, 0.3) is 0 Å². The minimum Gasteiger partial charge on any atom is -0.497 e. The number of halogens is 5. The fourth-order valence-corrected chi connectivity index (χ4v) is 5.44. The van der Waals surface area contributed by atoms with E-state index in [0.717, 1.165) is 6.07 Å². The van der Waals surface area contributed by atoms with Crippen LogP contribution in [0.1, 0.15) is 55.0 Å². The lowest BCUT2D eigenvalue weighted by Gasteiger charge is -2.39. The van der Waals surface area contributed by atoms with E-state index < -0.39 is 41.7 Å². The van der Waals surface area contributed by atoms with Crippen molar-refractivity contribution in [1.82, 2.24) is 9.88 Å². The summed E-state index contributed by atoms with van der Waals surface area (Å²) in [7, 11) is 1.47. The van der Waals surface area contributed by atoms with Crippen LogP contribution in [0.2, 0.25) is 0 Å². The number of alkyl halides is 2. The highest BCUT2D eigenvalue weighted by Crippen LogP contribution is 2.41. The maximum atomic E-state index is 15.7. The summed E-state index contributed by atoms with van der Waals surface area (Å²) in [6.07, 6.45) is 0.863. The first-order valence-electron chi connectivity index (χ1n) is 12.9. The number of benzene rings is 2. The molecule has 4 rings (SSSR count). The van der Waals surface area contributed by atoms with E-state index in [9.17, 15) is 27.5 Å². The van der Waals surface area contributed by atoms with E-state index in [2.05, 4.69) is 4.98 Å². The molecule has 1 fully saturated rings. The van der Waals surface area contributed by atoms with Crippen LogP contribution in [0.3, 0.4) is 0 Å². The number of carboxylic acid groups (broad SMARTS) is 1. The first-order chi connectivity index (χ1) is 18.7. The number of carboxylic acids is 1. The van der Waals surface area contributed by atoms with Gasteiger partial charge in [-0.05, 0) is 88.0 Å². The van der Waals surface area contributed by atoms with Gasteiger partial charge < -0.3 is 14.7 Å². The Morgan fingerprint density at radius 3 is 2.56 bits per heavy atom. The third-order valence-corrected chi connectivity index (χ3v) is 7.79. The molecule has 210 valence electrons. The number of aliphatic carboxylic acids is 1. The molecule has 0 spiro atoms. The van der Waals surface area contributed by atoms with E-state index in [1.54, 1.807) is 18.2 Å². The number of fused-ring (bicyclic) bond motifs is 1. The Kier molecular flexibility index (Phi) is 9.04. The van der Waals surface area contributed by atoms with Crippen molar-refractivity contribution in [2.75, 3.05) is 26.7 Å². The molecule has 2 heterocycles. The third kappa shape index (κ3) is 6.32. The van der Waals surface area contributed by atoms with Gasteiger partial charge in [0.2, 0.25) is 0 Å². The molecule has 1 saturated heterocycles. The summed E-state index contributed by atoms with van der Waals surface area (Å²) < 4.78 is 75.5. The smallest absolute Gasteiger partial charge is 0.309 e. The van der Waals surface area contributed by atoms with Crippen molar-refractivity contribution < 1.29 is 36.6 Å². The molecule has 1 unspecified atom stereocenters. The summed E-state index contributed by atoms with van der Waals surface area (Å²) in [5, 5.41) is 10.5. The summed E-state index contributed by atoms with van der Waals surface area (Å²) in [6, 6.07) is 6.44. The summed E-state index contributed by atoms with van der Waals surface area (Å²) >= 11 is 0. The lowest BCUT2D eigenvalue weighted by molar-refractivity contribution is -0.153. The van der Waals surface area contributed by atoms with Crippen LogP contribution in [0.15, 0.2) is 36.5 Å². The summed E-state index contributed by atoms with van der Waals surface area (Å²) in [4.78, 5) is 18.5. The van der Waals surface area contributed by atoms with Crippen molar-refractivity contribution in [3.05, 3.63) is 70.7 Å². The Morgan fingerprint density at radius 1 is 1.15 bits per heavy atom. The molecule has 0 bridgehead atoms. The Balaban J connectivity index is 1.39. The van der Waals surface area contributed by atoms with Crippen LogP contribution in [-0.4, -0.2) is 47.7 Å². The van der Waals surface area contributed by atoms with E-state index in [4.69, 9.17) is 4.74 Å². The Morgan fingerprint density at radius 2 is 1.90 bits per heavy atom. The van der Waals surface area contributed by atoms with Gasteiger partial charge in [0.15, 0.2) is 11.6 Å². The Bertz CT molecular complexity index is 1320. The van der Waals surface area contributed by atoms with Crippen LogP contribution in [0, 0.1) is 22.9 Å². The topological polar surface area (TPSA) is 62.7 Å². The zero-order valence-corrected chi connectivity index (χ0v) is 21.7. The van der Waals surface area contributed by atoms with Gasteiger partial charge in [-0.2, -0.15) is 0 Å². The van der Waals surface area contributed by atoms with Gasteiger partial charge in [-0.15, -0.1) is 0 Å². The summed E-state index contributed by atoms with van der Waals surface area (Å²) in [5.74, 6) is -3.64. The first-order valence-corrected chi connectivity index (χ1v) is 12.9. The molecule has 1 aromatic heterocycles. The van der Waals surface area contributed by atoms with Crippen molar-refractivity contribution in [2.45, 2.75) is 51.4 Å². The molecule has 0 radical (unpaired) electrons. The molecule has 1 N–H and O–H groups in total. The Labute approximate surface area is 223 Å². The molecule has 0 saturated carbocycles.